The van der Waals surface area contributed by atoms with Crippen LogP contribution in [0.1, 0.15) is 12.6 Å². The van der Waals surface area contributed by atoms with Gasteiger partial charge in [-0.2, -0.15) is 0 Å². The van der Waals surface area contributed by atoms with Gasteiger partial charge in [-0.15, -0.1) is 0 Å². The second-order valence-corrected chi connectivity index (χ2v) is 2.48. The Labute approximate surface area is 70.4 Å². The fraction of sp³-hybridized carbons (Fsp3) is 0.429. The Balaban J connectivity index is 2.58. The highest BCUT2D eigenvalue weighted by atomic mass is 16.1. The molecule has 4 N–H and O–H groups in total. The number of aromatic amines is 1. The maximum absolute atomic E-state index is 10.6. The average molecular weight is 168 g/mol. The lowest BCUT2D eigenvalue weighted by Gasteiger charge is -1.94. The Bertz CT molecular complexity index is 268. The lowest BCUT2D eigenvalue weighted by atomic mass is 10.3. The van der Waals surface area contributed by atoms with E-state index in [2.05, 4.69) is 15.3 Å². The minimum atomic E-state index is -0.136. The minimum Gasteiger partial charge on any atom is -0.330 e. The maximum Gasteiger partial charge on any atom is 0.223 e. The number of carbonyl (C=O) groups excluding carboxylic acids is 1. The van der Waals surface area contributed by atoms with Gasteiger partial charge in [0.2, 0.25) is 11.9 Å². The molecule has 1 heterocycles. The molecule has 0 aliphatic rings. The van der Waals surface area contributed by atoms with E-state index >= 15 is 0 Å². The number of nitrogens with two attached hydrogens (primary N) is 1. The van der Waals surface area contributed by atoms with Gasteiger partial charge in [-0.05, 0) is 6.54 Å². The standard InChI is InChI=1S/C7H12N4O/c1-5(12)10-7-9-4-6(11-7)2-3-8/h4H,2-3,8H2,1H3,(H2,9,10,11,12). The zero-order valence-electron chi connectivity index (χ0n) is 6.92. The summed E-state index contributed by atoms with van der Waals surface area (Å²) in [6.45, 7) is 2.01. The van der Waals surface area contributed by atoms with Crippen LogP contribution in [0, 0.1) is 0 Å². The zero-order valence-corrected chi connectivity index (χ0v) is 6.92. The van der Waals surface area contributed by atoms with Crippen LogP contribution < -0.4 is 11.1 Å². The van der Waals surface area contributed by atoms with Crippen molar-refractivity contribution in [1.82, 2.24) is 9.97 Å². The van der Waals surface area contributed by atoms with E-state index in [0.717, 1.165) is 12.1 Å². The fourth-order valence-electron chi connectivity index (χ4n) is 0.872. The second-order valence-electron chi connectivity index (χ2n) is 2.48. The highest BCUT2D eigenvalue weighted by Gasteiger charge is 1.99. The summed E-state index contributed by atoms with van der Waals surface area (Å²) < 4.78 is 0. The largest absolute Gasteiger partial charge is 0.330 e. The first-order valence-corrected chi connectivity index (χ1v) is 3.74. The summed E-state index contributed by atoms with van der Waals surface area (Å²) >= 11 is 0. The van der Waals surface area contributed by atoms with E-state index < -0.39 is 0 Å². The van der Waals surface area contributed by atoms with Gasteiger partial charge in [0.05, 0.1) is 6.20 Å². The first-order chi connectivity index (χ1) is 5.72. The molecule has 12 heavy (non-hydrogen) atoms. The van der Waals surface area contributed by atoms with Crippen molar-refractivity contribution < 1.29 is 4.79 Å². The average Bonchev–Trinajstić information content (AvgIpc) is 2.36. The topological polar surface area (TPSA) is 83.8 Å². The predicted octanol–water partition coefficient (Wildman–Crippen LogP) is -0.131. The van der Waals surface area contributed by atoms with Crippen LogP contribution in [0.5, 0.6) is 0 Å². The summed E-state index contributed by atoms with van der Waals surface area (Å²) in [4.78, 5) is 17.4. The van der Waals surface area contributed by atoms with Crippen LogP contribution in [0.2, 0.25) is 0 Å². The zero-order chi connectivity index (χ0) is 8.97. The monoisotopic (exact) mass is 168 g/mol. The summed E-state index contributed by atoms with van der Waals surface area (Å²) in [5.74, 6) is 0.342. The third-order valence-corrected chi connectivity index (χ3v) is 1.34. The molecular weight excluding hydrogens is 156 g/mol. The number of anilines is 1. The molecule has 0 radical (unpaired) electrons. The smallest absolute Gasteiger partial charge is 0.223 e. The second kappa shape index (κ2) is 3.87. The predicted molar refractivity (Wildman–Crippen MR) is 45.6 cm³/mol. The van der Waals surface area contributed by atoms with Crippen molar-refractivity contribution in [2.45, 2.75) is 13.3 Å². The van der Waals surface area contributed by atoms with Crippen LogP contribution in [0.3, 0.4) is 0 Å². The summed E-state index contributed by atoms with van der Waals surface area (Å²) in [5.41, 5.74) is 6.27. The molecule has 0 bridgehead atoms. The molecular formula is C7H12N4O. The summed E-state index contributed by atoms with van der Waals surface area (Å²) in [5, 5.41) is 2.54. The molecule has 1 aromatic heterocycles. The lowest BCUT2D eigenvalue weighted by Crippen LogP contribution is -2.07. The van der Waals surface area contributed by atoms with Gasteiger partial charge in [0.15, 0.2) is 0 Å². The highest BCUT2D eigenvalue weighted by molar-refractivity contribution is 5.86. The van der Waals surface area contributed by atoms with Crippen molar-refractivity contribution in [1.29, 1.82) is 0 Å². The Hall–Kier alpha value is -1.36. The summed E-state index contributed by atoms with van der Waals surface area (Å²) in [7, 11) is 0. The molecule has 0 fully saturated rings. The van der Waals surface area contributed by atoms with Gasteiger partial charge in [-0.3, -0.25) is 10.1 Å². The van der Waals surface area contributed by atoms with Crippen LogP contribution >= 0.6 is 0 Å². The van der Waals surface area contributed by atoms with E-state index in [9.17, 15) is 4.79 Å². The molecule has 1 rings (SSSR count). The van der Waals surface area contributed by atoms with Gasteiger partial charge in [-0.1, -0.05) is 0 Å². The van der Waals surface area contributed by atoms with Crippen molar-refractivity contribution in [3.8, 4) is 0 Å². The van der Waals surface area contributed by atoms with Crippen molar-refractivity contribution in [3.05, 3.63) is 11.9 Å². The molecule has 0 saturated heterocycles. The molecule has 0 aliphatic heterocycles. The Morgan fingerprint density at radius 2 is 2.58 bits per heavy atom. The van der Waals surface area contributed by atoms with Crippen molar-refractivity contribution in [2.24, 2.45) is 5.73 Å². The number of amides is 1. The molecule has 1 aromatic rings. The molecule has 0 atom stereocenters. The minimum absolute atomic E-state index is 0.136. The van der Waals surface area contributed by atoms with Crippen LogP contribution in [-0.2, 0) is 11.2 Å². The Kier molecular flexibility index (Phi) is 2.82. The van der Waals surface area contributed by atoms with E-state index in [1.807, 2.05) is 0 Å². The van der Waals surface area contributed by atoms with Crippen LogP contribution in [0.15, 0.2) is 6.20 Å². The van der Waals surface area contributed by atoms with Crippen molar-refractivity contribution in [3.63, 3.8) is 0 Å². The van der Waals surface area contributed by atoms with E-state index in [1.54, 1.807) is 6.20 Å². The summed E-state index contributed by atoms with van der Waals surface area (Å²) in [6.07, 6.45) is 2.41. The lowest BCUT2D eigenvalue weighted by molar-refractivity contribution is -0.114. The van der Waals surface area contributed by atoms with Gasteiger partial charge in [0, 0.05) is 19.0 Å². The third kappa shape index (κ3) is 2.35. The Morgan fingerprint density at radius 1 is 1.83 bits per heavy atom. The summed E-state index contributed by atoms with van der Waals surface area (Å²) in [6, 6.07) is 0. The molecule has 0 unspecified atom stereocenters. The van der Waals surface area contributed by atoms with Crippen LogP contribution in [0.4, 0.5) is 5.95 Å². The van der Waals surface area contributed by atoms with Gasteiger partial charge in [0.25, 0.3) is 0 Å². The molecule has 0 aliphatic carbocycles. The van der Waals surface area contributed by atoms with E-state index in [-0.39, 0.29) is 5.91 Å². The number of carbonyl (C=O) groups is 1. The van der Waals surface area contributed by atoms with Crippen LogP contribution in [0.25, 0.3) is 0 Å². The number of hydrogen-bond donors (Lipinski definition) is 3. The molecule has 5 heteroatoms. The number of imidazole rings is 1. The maximum atomic E-state index is 10.6. The quantitative estimate of drug-likeness (QED) is 0.587. The molecule has 0 spiro atoms. The highest BCUT2D eigenvalue weighted by Crippen LogP contribution is 2.01. The number of H-pyrrole nitrogens is 1. The normalized spacial score (nSPS) is 9.83. The van der Waals surface area contributed by atoms with E-state index in [4.69, 9.17) is 5.73 Å². The number of rotatable bonds is 3. The van der Waals surface area contributed by atoms with Gasteiger partial charge < -0.3 is 10.7 Å². The third-order valence-electron chi connectivity index (χ3n) is 1.34. The molecule has 5 nitrogen and oxygen atoms in total. The number of hydrogen-bond acceptors (Lipinski definition) is 3. The van der Waals surface area contributed by atoms with Crippen molar-refractivity contribution >= 4 is 11.9 Å². The van der Waals surface area contributed by atoms with E-state index in [0.29, 0.717) is 12.5 Å². The number of nitrogens with zero attached hydrogens (tertiary/aromatic N) is 1. The molecule has 66 valence electrons. The molecule has 0 aromatic carbocycles. The first-order valence-electron chi connectivity index (χ1n) is 3.74. The van der Waals surface area contributed by atoms with Crippen LogP contribution in [-0.4, -0.2) is 22.4 Å². The number of nitrogens with one attached hydrogen (secondary N) is 2. The molecule has 1 amide bonds. The SMILES string of the molecule is CC(=O)Nc1ncc(CCN)[nH]1. The van der Waals surface area contributed by atoms with Gasteiger partial charge >= 0.3 is 0 Å². The van der Waals surface area contributed by atoms with Gasteiger partial charge in [0.1, 0.15) is 0 Å². The van der Waals surface area contributed by atoms with Crippen molar-refractivity contribution in [2.75, 3.05) is 11.9 Å². The Morgan fingerprint density at radius 3 is 3.17 bits per heavy atom. The van der Waals surface area contributed by atoms with E-state index in [1.165, 1.54) is 6.92 Å². The fourth-order valence-corrected chi connectivity index (χ4v) is 0.872. The van der Waals surface area contributed by atoms with Gasteiger partial charge in [-0.25, -0.2) is 4.98 Å². The molecule has 0 saturated carbocycles. The first kappa shape index (κ1) is 8.73. The number of aromatic nitrogens is 2.